The van der Waals surface area contributed by atoms with Crippen molar-refractivity contribution in [2.45, 2.75) is 32.7 Å². The maximum absolute atomic E-state index is 13.5. The summed E-state index contributed by atoms with van der Waals surface area (Å²) in [4.78, 5) is 26.5. The molecule has 2 unspecified atom stereocenters. The summed E-state index contributed by atoms with van der Waals surface area (Å²) in [5.74, 6) is -0.293. The first kappa shape index (κ1) is 21.6. The highest BCUT2D eigenvalue weighted by Crippen LogP contribution is 2.40. The second kappa shape index (κ2) is 8.63. The van der Waals surface area contributed by atoms with Gasteiger partial charge in [-0.1, -0.05) is 65.7 Å². The highest BCUT2D eigenvalue weighted by Gasteiger charge is 2.41. The molecule has 34 heavy (non-hydrogen) atoms. The van der Waals surface area contributed by atoms with Crippen molar-refractivity contribution in [2.24, 2.45) is 0 Å². The minimum atomic E-state index is -0.780. The minimum Gasteiger partial charge on any atom is -0.339 e. The molecule has 2 N–H and O–H groups in total. The van der Waals surface area contributed by atoms with E-state index in [1.165, 1.54) is 0 Å². The summed E-state index contributed by atoms with van der Waals surface area (Å²) in [6.07, 6.45) is 0. The topological polar surface area (TPSA) is 76.0 Å². The van der Waals surface area contributed by atoms with Crippen LogP contribution in [0.2, 0.25) is 0 Å². The first-order chi connectivity index (χ1) is 16.4. The lowest BCUT2D eigenvalue weighted by Crippen LogP contribution is -2.50. The van der Waals surface area contributed by atoms with Crippen LogP contribution in [-0.4, -0.2) is 27.6 Å². The number of fused-ring (bicyclic) bond motifs is 1. The summed E-state index contributed by atoms with van der Waals surface area (Å²) in [6, 6.07) is 24.3. The van der Waals surface area contributed by atoms with Crippen LogP contribution in [0.25, 0.3) is 5.69 Å². The molecule has 1 aliphatic rings. The standard InChI is InChI=1S/C28H26N4O2/c1-17-9-13-20(14-10-17)24-23-19(3)31-32(22-15-11-18(2)12-16-22)26(23)30-28(34)25(24)29-27(33)21-7-5-4-6-8-21/h4-16,24-25H,1-3H3,(H,29,33)(H,30,34). The average Bonchev–Trinajstić information content (AvgIpc) is 3.17. The van der Waals surface area contributed by atoms with Crippen LogP contribution in [0.15, 0.2) is 78.9 Å². The van der Waals surface area contributed by atoms with Gasteiger partial charge in [0.2, 0.25) is 5.91 Å². The number of carbonyl (C=O) groups is 2. The molecule has 5 rings (SSSR count). The number of hydrogen-bond acceptors (Lipinski definition) is 3. The quantitative estimate of drug-likeness (QED) is 0.474. The molecule has 170 valence electrons. The zero-order valence-electron chi connectivity index (χ0n) is 19.4. The molecular weight excluding hydrogens is 424 g/mol. The zero-order valence-corrected chi connectivity index (χ0v) is 19.4. The second-order valence-corrected chi connectivity index (χ2v) is 8.79. The van der Waals surface area contributed by atoms with Crippen LogP contribution in [0.5, 0.6) is 0 Å². The Morgan fingerprint density at radius 1 is 0.882 bits per heavy atom. The lowest BCUT2D eigenvalue weighted by Gasteiger charge is -2.33. The van der Waals surface area contributed by atoms with Crippen molar-refractivity contribution in [3.63, 3.8) is 0 Å². The lowest BCUT2D eigenvalue weighted by molar-refractivity contribution is -0.118. The third-order valence-corrected chi connectivity index (χ3v) is 6.31. The van der Waals surface area contributed by atoms with Crippen LogP contribution in [0.1, 0.15) is 44.2 Å². The van der Waals surface area contributed by atoms with E-state index in [0.29, 0.717) is 11.4 Å². The molecule has 0 aliphatic carbocycles. The average molecular weight is 451 g/mol. The summed E-state index contributed by atoms with van der Waals surface area (Å²) in [5, 5.41) is 10.8. The molecule has 4 aromatic rings. The van der Waals surface area contributed by atoms with Gasteiger partial charge in [0.1, 0.15) is 11.9 Å². The molecule has 0 bridgehead atoms. The predicted molar refractivity (Wildman–Crippen MR) is 132 cm³/mol. The SMILES string of the molecule is Cc1ccc(C2c3c(C)nn(-c4ccc(C)cc4)c3NC(=O)C2NC(=O)c2ccccc2)cc1. The van der Waals surface area contributed by atoms with Crippen LogP contribution < -0.4 is 10.6 Å². The fourth-order valence-corrected chi connectivity index (χ4v) is 4.51. The Hall–Kier alpha value is -4.19. The molecule has 0 saturated carbocycles. The van der Waals surface area contributed by atoms with Crippen LogP contribution >= 0.6 is 0 Å². The minimum absolute atomic E-state index is 0.268. The number of amides is 2. The van der Waals surface area contributed by atoms with Crippen molar-refractivity contribution in [3.8, 4) is 5.69 Å². The maximum Gasteiger partial charge on any atom is 0.251 e. The van der Waals surface area contributed by atoms with E-state index in [1.54, 1.807) is 28.9 Å². The van der Waals surface area contributed by atoms with E-state index >= 15 is 0 Å². The molecule has 2 amide bonds. The first-order valence-electron chi connectivity index (χ1n) is 11.3. The Labute approximate surface area is 198 Å². The Bertz CT molecular complexity index is 1360. The van der Waals surface area contributed by atoms with Crippen LogP contribution in [-0.2, 0) is 4.79 Å². The van der Waals surface area contributed by atoms with Crippen molar-refractivity contribution < 1.29 is 9.59 Å². The molecule has 0 radical (unpaired) electrons. The van der Waals surface area contributed by atoms with Gasteiger partial charge in [-0.15, -0.1) is 0 Å². The summed E-state index contributed by atoms with van der Waals surface area (Å²) >= 11 is 0. The summed E-state index contributed by atoms with van der Waals surface area (Å²) in [7, 11) is 0. The number of aryl methyl sites for hydroxylation is 3. The molecule has 1 aliphatic heterocycles. The molecule has 0 spiro atoms. The van der Waals surface area contributed by atoms with E-state index in [9.17, 15) is 9.59 Å². The number of nitrogens with zero attached hydrogens (tertiary/aromatic N) is 2. The van der Waals surface area contributed by atoms with E-state index in [1.807, 2.05) is 75.4 Å². The van der Waals surface area contributed by atoms with Crippen LogP contribution in [0.4, 0.5) is 5.82 Å². The number of aromatic nitrogens is 2. The highest BCUT2D eigenvalue weighted by molar-refractivity contribution is 6.04. The largest absolute Gasteiger partial charge is 0.339 e. The Kier molecular flexibility index (Phi) is 5.49. The zero-order chi connectivity index (χ0) is 23.8. The van der Waals surface area contributed by atoms with Crippen LogP contribution in [0, 0.1) is 20.8 Å². The van der Waals surface area contributed by atoms with Gasteiger partial charge in [0.05, 0.1) is 11.4 Å². The molecule has 1 aromatic heterocycles. The van der Waals surface area contributed by atoms with E-state index in [0.717, 1.165) is 33.6 Å². The van der Waals surface area contributed by atoms with Crippen molar-refractivity contribution >= 4 is 17.6 Å². The number of rotatable bonds is 4. The molecule has 0 saturated heterocycles. The van der Waals surface area contributed by atoms with Crippen molar-refractivity contribution in [1.29, 1.82) is 0 Å². The van der Waals surface area contributed by atoms with Crippen molar-refractivity contribution in [2.75, 3.05) is 5.32 Å². The van der Waals surface area contributed by atoms with Crippen molar-refractivity contribution in [1.82, 2.24) is 15.1 Å². The number of nitrogens with one attached hydrogen (secondary N) is 2. The smallest absolute Gasteiger partial charge is 0.251 e. The predicted octanol–water partition coefficient (Wildman–Crippen LogP) is 4.68. The molecule has 2 atom stereocenters. The number of anilines is 1. The van der Waals surface area contributed by atoms with Gasteiger partial charge in [-0.05, 0) is 50.6 Å². The van der Waals surface area contributed by atoms with Gasteiger partial charge >= 0.3 is 0 Å². The van der Waals surface area contributed by atoms with Gasteiger partial charge in [0.15, 0.2) is 0 Å². The fraction of sp³-hybridized carbons (Fsp3) is 0.179. The third-order valence-electron chi connectivity index (χ3n) is 6.31. The summed E-state index contributed by atoms with van der Waals surface area (Å²) in [6.45, 7) is 6.00. The van der Waals surface area contributed by atoms with Gasteiger partial charge in [-0.3, -0.25) is 9.59 Å². The van der Waals surface area contributed by atoms with Gasteiger partial charge in [-0.25, -0.2) is 4.68 Å². The Balaban J connectivity index is 1.62. The Morgan fingerprint density at radius 2 is 1.50 bits per heavy atom. The highest BCUT2D eigenvalue weighted by atomic mass is 16.2. The fourth-order valence-electron chi connectivity index (χ4n) is 4.51. The van der Waals surface area contributed by atoms with Crippen LogP contribution in [0.3, 0.4) is 0 Å². The van der Waals surface area contributed by atoms with E-state index in [2.05, 4.69) is 10.6 Å². The van der Waals surface area contributed by atoms with Gasteiger partial charge in [0.25, 0.3) is 5.91 Å². The second-order valence-electron chi connectivity index (χ2n) is 8.79. The molecule has 6 nitrogen and oxygen atoms in total. The van der Waals surface area contributed by atoms with E-state index in [4.69, 9.17) is 5.10 Å². The normalized spacial score (nSPS) is 17.1. The molecule has 3 aromatic carbocycles. The van der Waals surface area contributed by atoms with Gasteiger partial charge < -0.3 is 10.6 Å². The lowest BCUT2D eigenvalue weighted by atomic mass is 9.81. The van der Waals surface area contributed by atoms with E-state index in [-0.39, 0.29) is 17.7 Å². The van der Waals surface area contributed by atoms with Crippen molar-refractivity contribution in [3.05, 3.63) is 112 Å². The first-order valence-corrected chi connectivity index (χ1v) is 11.3. The maximum atomic E-state index is 13.5. The van der Waals surface area contributed by atoms with E-state index < -0.39 is 6.04 Å². The number of carbonyl (C=O) groups excluding carboxylic acids is 2. The number of hydrogen-bond donors (Lipinski definition) is 2. The summed E-state index contributed by atoms with van der Waals surface area (Å²) < 4.78 is 1.78. The molecule has 6 heteroatoms. The molecular formula is C28H26N4O2. The monoisotopic (exact) mass is 450 g/mol. The number of benzene rings is 3. The molecule has 0 fully saturated rings. The van der Waals surface area contributed by atoms with Gasteiger partial charge in [0, 0.05) is 17.0 Å². The Morgan fingerprint density at radius 3 is 2.15 bits per heavy atom. The third kappa shape index (κ3) is 3.88. The van der Waals surface area contributed by atoms with Gasteiger partial charge in [-0.2, -0.15) is 5.10 Å². The summed E-state index contributed by atoms with van der Waals surface area (Å²) in [5.41, 5.74) is 6.31. The molecule has 2 heterocycles.